The predicted octanol–water partition coefficient (Wildman–Crippen LogP) is 5.96. The maximum atomic E-state index is 13.2. The number of anilines is 1. The van der Waals surface area contributed by atoms with E-state index in [1.54, 1.807) is 6.92 Å². The van der Waals surface area contributed by atoms with Crippen molar-refractivity contribution in [3.63, 3.8) is 0 Å². The molecule has 0 aliphatic carbocycles. The van der Waals surface area contributed by atoms with Crippen molar-refractivity contribution in [3.8, 4) is 6.07 Å². The van der Waals surface area contributed by atoms with Crippen molar-refractivity contribution in [2.45, 2.75) is 30.6 Å². The second-order valence-corrected chi connectivity index (χ2v) is 8.94. The summed E-state index contributed by atoms with van der Waals surface area (Å²) in [7, 11) is -4.50. The van der Waals surface area contributed by atoms with Crippen LogP contribution in [-0.4, -0.2) is 15.0 Å². The van der Waals surface area contributed by atoms with E-state index < -0.39 is 49.7 Å². The molecule has 33 heavy (non-hydrogen) atoms. The molecule has 0 aromatic heterocycles. The van der Waals surface area contributed by atoms with E-state index in [0.29, 0.717) is 18.6 Å². The molecular weight excluding hydrogens is 496 g/mol. The largest absolute Gasteiger partial charge is 0.416 e. The van der Waals surface area contributed by atoms with Crippen LogP contribution in [-0.2, 0) is 22.2 Å². The monoisotopic (exact) mass is 511 g/mol. The summed E-state index contributed by atoms with van der Waals surface area (Å²) in [6.45, 7) is 1.74. The van der Waals surface area contributed by atoms with Gasteiger partial charge in [0, 0.05) is 17.3 Å². The molecule has 5 nitrogen and oxygen atoms in total. The number of nitrogens with zero attached hydrogens (tertiary/aromatic N) is 1. The molecule has 2 aromatic carbocycles. The number of nitriles is 1. The minimum absolute atomic E-state index is 0.0642. The minimum Gasteiger partial charge on any atom is -0.370 e. The summed E-state index contributed by atoms with van der Waals surface area (Å²) < 4.78 is 105. The highest BCUT2D eigenvalue weighted by atomic mass is 35.5. The SMILES string of the molecule is CCCNC(Nc1cc(C(F)(F)F)cc(C(F)(F)F)c1)=C(C#N)S(=O)(=O)c1ccc(Cl)cc1. The van der Waals surface area contributed by atoms with Gasteiger partial charge in [0.05, 0.1) is 16.0 Å². The van der Waals surface area contributed by atoms with Gasteiger partial charge >= 0.3 is 12.4 Å². The summed E-state index contributed by atoms with van der Waals surface area (Å²) in [5.74, 6) is -0.568. The summed E-state index contributed by atoms with van der Waals surface area (Å²) in [5, 5.41) is 14.5. The molecule has 13 heteroatoms. The lowest BCUT2D eigenvalue weighted by Crippen LogP contribution is -2.25. The van der Waals surface area contributed by atoms with Gasteiger partial charge in [-0.05, 0) is 48.9 Å². The molecule has 178 valence electrons. The van der Waals surface area contributed by atoms with Crippen molar-refractivity contribution in [2.75, 3.05) is 11.9 Å². The van der Waals surface area contributed by atoms with Gasteiger partial charge in [0.25, 0.3) is 0 Å². The van der Waals surface area contributed by atoms with Crippen LogP contribution in [0, 0.1) is 11.3 Å². The van der Waals surface area contributed by atoms with Crippen LogP contribution in [0.4, 0.5) is 32.0 Å². The molecule has 0 atom stereocenters. The third-order valence-corrected chi connectivity index (χ3v) is 6.11. The molecule has 2 rings (SSSR count). The fraction of sp³-hybridized carbons (Fsp3) is 0.250. The first-order valence-electron chi connectivity index (χ1n) is 9.15. The molecule has 0 aliphatic heterocycles. The van der Waals surface area contributed by atoms with Crippen LogP contribution in [0.15, 0.2) is 58.1 Å². The van der Waals surface area contributed by atoms with Crippen LogP contribution in [0.2, 0.25) is 5.02 Å². The lowest BCUT2D eigenvalue weighted by molar-refractivity contribution is -0.143. The third kappa shape index (κ3) is 6.55. The molecule has 0 saturated carbocycles. The van der Waals surface area contributed by atoms with Crippen molar-refractivity contribution in [2.24, 2.45) is 0 Å². The number of alkyl halides is 6. The van der Waals surface area contributed by atoms with Crippen LogP contribution in [0.5, 0.6) is 0 Å². The zero-order valence-corrected chi connectivity index (χ0v) is 18.3. The Morgan fingerprint density at radius 3 is 1.94 bits per heavy atom. The van der Waals surface area contributed by atoms with Gasteiger partial charge in [-0.1, -0.05) is 18.5 Å². The highest BCUT2D eigenvalue weighted by molar-refractivity contribution is 7.95. The number of rotatable bonds is 7. The van der Waals surface area contributed by atoms with Gasteiger partial charge in [-0.15, -0.1) is 0 Å². The van der Waals surface area contributed by atoms with Crippen LogP contribution in [0.1, 0.15) is 24.5 Å². The predicted molar refractivity (Wildman–Crippen MR) is 110 cm³/mol. The van der Waals surface area contributed by atoms with E-state index in [4.69, 9.17) is 11.6 Å². The third-order valence-electron chi connectivity index (χ3n) is 4.13. The van der Waals surface area contributed by atoms with E-state index in [-0.39, 0.29) is 22.5 Å². The molecule has 2 aromatic rings. The number of nitrogens with one attached hydrogen (secondary N) is 2. The molecule has 0 saturated heterocycles. The molecule has 2 N–H and O–H groups in total. The zero-order valence-electron chi connectivity index (χ0n) is 16.8. The first-order valence-corrected chi connectivity index (χ1v) is 11.0. The normalized spacial score (nSPS) is 13.2. The van der Waals surface area contributed by atoms with E-state index in [1.165, 1.54) is 18.2 Å². The zero-order chi connectivity index (χ0) is 25.0. The Bertz CT molecular complexity index is 1150. The highest BCUT2D eigenvalue weighted by Crippen LogP contribution is 2.38. The summed E-state index contributed by atoms with van der Waals surface area (Å²) >= 11 is 5.74. The van der Waals surface area contributed by atoms with E-state index in [9.17, 15) is 40.0 Å². The van der Waals surface area contributed by atoms with E-state index >= 15 is 0 Å². The van der Waals surface area contributed by atoms with Crippen molar-refractivity contribution in [3.05, 3.63) is 69.3 Å². The molecule has 0 heterocycles. The fourth-order valence-electron chi connectivity index (χ4n) is 2.58. The Morgan fingerprint density at radius 2 is 1.52 bits per heavy atom. The van der Waals surface area contributed by atoms with Crippen molar-refractivity contribution < 1.29 is 34.8 Å². The molecule has 0 aliphatic rings. The fourth-order valence-corrected chi connectivity index (χ4v) is 3.95. The highest BCUT2D eigenvalue weighted by Gasteiger charge is 2.37. The average molecular weight is 512 g/mol. The number of sulfone groups is 1. The number of allylic oxidation sites excluding steroid dienone is 1. The van der Waals surface area contributed by atoms with Crippen LogP contribution < -0.4 is 10.6 Å². The van der Waals surface area contributed by atoms with Gasteiger partial charge in [0.1, 0.15) is 11.9 Å². The smallest absolute Gasteiger partial charge is 0.370 e. The van der Waals surface area contributed by atoms with Gasteiger partial charge < -0.3 is 10.6 Å². The van der Waals surface area contributed by atoms with Crippen LogP contribution in [0.25, 0.3) is 0 Å². The first kappa shape index (κ1) is 26.3. The summed E-state index contributed by atoms with van der Waals surface area (Å²) in [5.41, 5.74) is -3.92. The summed E-state index contributed by atoms with van der Waals surface area (Å²) in [6.07, 6.45) is -9.81. The lowest BCUT2D eigenvalue weighted by atomic mass is 10.1. The van der Waals surface area contributed by atoms with E-state index in [0.717, 1.165) is 12.1 Å². The second-order valence-electron chi connectivity index (χ2n) is 6.62. The Morgan fingerprint density at radius 1 is 1.00 bits per heavy atom. The average Bonchev–Trinajstić information content (AvgIpc) is 2.71. The van der Waals surface area contributed by atoms with E-state index in [1.807, 2.05) is 0 Å². The van der Waals surface area contributed by atoms with Gasteiger partial charge in [-0.3, -0.25) is 0 Å². The van der Waals surface area contributed by atoms with Crippen molar-refractivity contribution >= 4 is 27.1 Å². The molecule has 0 bridgehead atoms. The maximum Gasteiger partial charge on any atom is 0.416 e. The summed E-state index contributed by atoms with van der Waals surface area (Å²) in [6, 6.07) is 6.88. The van der Waals surface area contributed by atoms with Gasteiger partial charge in [-0.2, -0.15) is 31.6 Å². The number of halogens is 7. The number of hydrogen-bond acceptors (Lipinski definition) is 5. The molecule has 0 amide bonds. The Balaban J connectivity index is 2.69. The first-order chi connectivity index (χ1) is 15.2. The standard InChI is InChI=1S/C20H16ClF6N3O2S/c1-2-7-29-18(17(11-28)33(31,32)16-5-3-14(21)4-6-16)30-15-9-12(19(22,23)24)8-13(10-15)20(25,26)27/h3-6,8-10,29-30H,2,7H2,1H3. The maximum absolute atomic E-state index is 13.2. The Kier molecular flexibility index (Phi) is 7.92. The number of hydrogen-bond donors (Lipinski definition) is 2. The Hall–Kier alpha value is -2.91. The van der Waals surface area contributed by atoms with Gasteiger partial charge in [0.15, 0.2) is 4.91 Å². The quantitative estimate of drug-likeness (QED) is 0.354. The molecule has 0 spiro atoms. The molecule has 0 radical (unpaired) electrons. The topological polar surface area (TPSA) is 82.0 Å². The lowest BCUT2D eigenvalue weighted by Gasteiger charge is -2.18. The van der Waals surface area contributed by atoms with Gasteiger partial charge in [-0.25, -0.2) is 8.42 Å². The summed E-state index contributed by atoms with van der Waals surface area (Å²) in [4.78, 5) is -1.27. The second kappa shape index (κ2) is 9.93. The molecule has 0 unspecified atom stereocenters. The van der Waals surface area contributed by atoms with Crippen LogP contribution >= 0.6 is 11.6 Å². The number of benzene rings is 2. The van der Waals surface area contributed by atoms with Crippen molar-refractivity contribution in [1.29, 1.82) is 5.26 Å². The molecule has 0 fully saturated rings. The van der Waals surface area contributed by atoms with Crippen LogP contribution in [0.3, 0.4) is 0 Å². The minimum atomic E-state index is -5.11. The van der Waals surface area contributed by atoms with Gasteiger partial charge in [0.2, 0.25) is 9.84 Å². The van der Waals surface area contributed by atoms with Crippen molar-refractivity contribution in [1.82, 2.24) is 5.32 Å². The molecular formula is C20H16ClF6N3O2S. The van der Waals surface area contributed by atoms with E-state index in [2.05, 4.69) is 10.6 Å². The Labute approximate surface area is 190 Å².